The molecule has 0 aromatic carbocycles. The van der Waals surface area contributed by atoms with Crippen LogP contribution in [0.1, 0.15) is 37.0 Å². The molecule has 0 saturated carbocycles. The molecule has 3 heterocycles. The van der Waals surface area contributed by atoms with Crippen molar-refractivity contribution < 1.29 is 0 Å². The van der Waals surface area contributed by atoms with Crippen molar-refractivity contribution in [2.45, 2.75) is 33.2 Å². The van der Waals surface area contributed by atoms with Crippen LogP contribution < -0.4 is 10.9 Å². The Bertz CT molecular complexity index is 901. The Morgan fingerprint density at radius 2 is 2.00 bits per heavy atom. The molecule has 3 rings (SSSR count). The third-order valence-corrected chi connectivity index (χ3v) is 3.46. The van der Waals surface area contributed by atoms with Gasteiger partial charge in [0.05, 0.1) is 12.2 Å². The zero-order valence-corrected chi connectivity index (χ0v) is 13.4. The second-order valence-corrected chi connectivity index (χ2v) is 5.78. The fraction of sp³-hybridized carbons (Fsp3) is 0.294. The van der Waals surface area contributed by atoms with Gasteiger partial charge in [-0.05, 0) is 19.1 Å². The summed E-state index contributed by atoms with van der Waals surface area (Å²) in [5.41, 5.74) is 2.15. The maximum absolute atomic E-state index is 12.1. The Morgan fingerprint density at radius 1 is 1.17 bits per heavy atom. The van der Waals surface area contributed by atoms with Crippen LogP contribution in [0.3, 0.4) is 0 Å². The summed E-state index contributed by atoms with van der Waals surface area (Å²) in [6, 6.07) is 8.92. The summed E-state index contributed by atoms with van der Waals surface area (Å²) >= 11 is 0. The van der Waals surface area contributed by atoms with E-state index < -0.39 is 0 Å². The average Bonchev–Trinajstić information content (AvgIpc) is 2.52. The van der Waals surface area contributed by atoms with Crippen molar-refractivity contribution in [1.82, 2.24) is 19.4 Å². The highest BCUT2D eigenvalue weighted by molar-refractivity contribution is 5.40. The molecule has 0 aliphatic heterocycles. The van der Waals surface area contributed by atoms with Gasteiger partial charge in [0, 0.05) is 29.9 Å². The molecule has 0 atom stereocenters. The molecule has 118 valence electrons. The normalized spacial score (nSPS) is 11.1. The van der Waals surface area contributed by atoms with E-state index in [2.05, 4.69) is 34.1 Å². The summed E-state index contributed by atoms with van der Waals surface area (Å²) in [6.07, 6.45) is 1.71. The molecule has 6 heteroatoms. The molecule has 0 aliphatic rings. The molecule has 0 spiro atoms. The minimum Gasteiger partial charge on any atom is -0.364 e. The summed E-state index contributed by atoms with van der Waals surface area (Å²) < 4.78 is 1.52. The largest absolute Gasteiger partial charge is 0.364 e. The predicted molar refractivity (Wildman–Crippen MR) is 89.6 cm³/mol. The zero-order valence-electron chi connectivity index (χ0n) is 13.4. The number of nitrogens with one attached hydrogen (secondary N) is 1. The first kappa shape index (κ1) is 15.1. The van der Waals surface area contributed by atoms with Gasteiger partial charge in [-0.2, -0.15) is 0 Å². The van der Waals surface area contributed by atoms with Crippen LogP contribution >= 0.6 is 0 Å². The smallest absolute Gasteiger partial charge is 0.258 e. The van der Waals surface area contributed by atoms with Crippen LogP contribution in [0, 0.1) is 6.92 Å². The van der Waals surface area contributed by atoms with Crippen molar-refractivity contribution in [2.75, 3.05) is 5.32 Å². The van der Waals surface area contributed by atoms with Gasteiger partial charge in [0.2, 0.25) is 0 Å². The lowest BCUT2D eigenvalue weighted by molar-refractivity contribution is 0.766. The van der Waals surface area contributed by atoms with Gasteiger partial charge in [0.15, 0.2) is 0 Å². The van der Waals surface area contributed by atoms with Gasteiger partial charge in [0.25, 0.3) is 5.56 Å². The molecule has 0 unspecified atom stereocenters. The first-order chi connectivity index (χ1) is 11.0. The van der Waals surface area contributed by atoms with E-state index in [1.54, 1.807) is 6.20 Å². The topological polar surface area (TPSA) is 72.2 Å². The maximum atomic E-state index is 12.1. The SMILES string of the molecule is Cc1cc(NCc2cc(=O)n3ccccc3n2)nc(C(C)C)n1. The van der Waals surface area contributed by atoms with Gasteiger partial charge in [-0.3, -0.25) is 9.20 Å². The van der Waals surface area contributed by atoms with E-state index in [1.807, 2.05) is 31.2 Å². The van der Waals surface area contributed by atoms with Crippen molar-refractivity contribution in [3.8, 4) is 0 Å². The van der Waals surface area contributed by atoms with Crippen LogP contribution in [0.25, 0.3) is 5.65 Å². The van der Waals surface area contributed by atoms with Gasteiger partial charge in [0.1, 0.15) is 17.3 Å². The van der Waals surface area contributed by atoms with E-state index in [0.717, 1.165) is 17.3 Å². The standard InChI is InChI=1S/C17H19N5O/c1-11(2)17-19-12(3)8-14(21-17)18-10-13-9-16(23)22-7-5-4-6-15(22)20-13/h4-9,11H,10H2,1-3H3,(H,18,19,21). The van der Waals surface area contributed by atoms with Crippen molar-refractivity contribution >= 4 is 11.5 Å². The number of nitrogens with zero attached hydrogens (tertiary/aromatic N) is 4. The van der Waals surface area contributed by atoms with E-state index in [1.165, 1.54) is 10.5 Å². The van der Waals surface area contributed by atoms with Crippen molar-refractivity contribution in [3.05, 3.63) is 64.1 Å². The molecule has 0 fully saturated rings. The zero-order chi connectivity index (χ0) is 16.4. The number of pyridine rings is 1. The number of aromatic nitrogens is 4. The quantitative estimate of drug-likeness (QED) is 0.802. The Balaban J connectivity index is 1.85. The van der Waals surface area contributed by atoms with Gasteiger partial charge in [-0.1, -0.05) is 19.9 Å². The summed E-state index contributed by atoms with van der Waals surface area (Å²) in [4.78, 5) is 25.5. The Kier molecular flexibility index (Phi) is 4.06. The molecule has 0 radical (unpaired) electrons. The minimum atomic E-state index is -0.0888. The number of fused-ring (bicyclic) bond motifs is 1. The van der Waals surface area contributed by atoms with Gasteiger partial charge >= 0.3 is 0 Å². The van der Waals surface area contributed by atoms with Crippen LogP contribution in [0.2, 0.25) is 0 Å². The van der Waals surface area contributed by atoms with E-state index in [-0.39, 0.29) is 11.5 Å². The summed E-state index contributed by atoms with van der Waals surface area (Å²) in [6.45, 7) is 6.50. The Hall–Kier alpha value is -2.76. The summed E-state index contributed by atoms with van der Waals surface area (Å²) in [5.74, 6) is 1.81. The van der Waals surface area contributed by atoms with Gasteiger partial charge in [-0.25, -0.2) is 15.0 Å². The van der Waals surface area contributed by atoms with E-state index in [0.29, 0.717) is 17.9 Å². The van der Waals surface area contributed by atoms with E-state index in [4.69, 9.17) is 0 Å². The van der Waals surface area contributed by atoms with Crippen molar-refractivity contribution in [3.63, 3.8) is 0 Å². The molecule has 0 amide bonds. The lowest BCUT2D eigenvalue weighted by Gasteiger charge is -2.10. The molecule has 0 saturated heterocycles. The Labute approximate surface area is 134 Å². The van der Waals surface area contributed by atoms with Crippen LogP contribution in [0.4, 0.5) is 5.82 Å². The number of aryl methyl sites for hydroxylation is 1. The first-order valence-electron chi connectivity index (χ1n) is 7.60. The number of anilines is 1. The predicted octanol–water partition coefficient (Wildman–Crippen LogP) is 2.53. The highest BCUT2D eigenvalue weighted by Crippen LogP contribution is 2.14. The molecule has 0 bridgehead atoms. The molecule has 1 N–H and O–H groups in total. The fourth-order valence-electron chi connectivity index (χ4n) is 2.31. The molecular weight excluding hydrogens is 290 g/mol. The fourth-order valence-corrected chi connectivity index (χ4v) is 2.31. The number of hydrogen-bond donors (Lipinski definition) is 1. The molecule has 3 aromatic rings. The molecule has 3 aromatic heterocycles. The molecular formula is C17H19N5O. The summed E-state index contributed by atoms with van der Waals surface area (Å²) in [5, 5.41) is 3.23. The van der Waals surface area contributed by atoms with E-state index >= 15 is 0 Å². The summed E-state index contributed by atoms with van der Waals surface area (Å²) in [7, 11) is 0. The highest BCUT2D eigenvalue weighted by Gasteiger charge is 2.07. The van der Waals surface area contributed by atoms with Crippen LogP contribution in [-0.4, -0.2) is 19.4 Å². The van der Waals surface area contributed by atoms with E-state index in [9.17, 15) is 4.79 Å². The Morgan fingerprint density at radius 3 is 2.78 bits per heavy atom. The first-order valence-corrected chi connectivity index (χ1v) is 7.60. The maximum Gasteiger partial charge on any atom is 0.258 e. The van der Waals surface area contributed by atoms with Crippen molar-refractivity contribution in [1.29, 1.82) is 0 Å². The lowest BCUT2D eigenvalue weighted by Crippen LogP contribution is -2.16. The minimum absolute atomic E-state index is 0.0888. The monoisotopic (exact) mass is 309 g/mol. The van der Waals surface area contributed by atoms with Crippen molar-refractivity contribution in [2.24, 2.45) is 0 Å². The third-order valence-electron chi connectivity index (χ3n) is 3.46. The highest BCUT2D eigenvalue weighted by atomic mass is 16.1. The average molecular weight is 309 g/mol. The van der Waals surface area contributed by atoms with Gasteiger partial charge in [-0.15, -0.1) is 0 Å². The van der Waals surface area contributed by atoms with Gasteiger partial charge < -0.3 is 5.32 Å². The molecule has 6 nitrogen and oxygen atoms in total. The number of hydrogen-bond acceptors (Lipinski definition) is 5. The third kappa shape index (κ3) is 3.36. The molecule has 23 heavy (non-hydrogen) atoms. The number of rotatable bonds is 4. The lowest BCUT2D eigenvalue weighted by atomic mass is 10.2. The second kappa shape index (κ2) is 6.16. The molecule has 0 aliphatic carbocycles. The second-order valence-electron chi connectivity index (χ2n) is 5.78. The van der Waals surface area contributed by atoms with Crippen LogP contribution in [-0.2, 0) is 6.54 Å². The van der Waals surface area contributed by atoms with Crippen LogP contribution in [0.5, 0.6) is 0 Å². The van der Waals surface area contributed by atoms with Crippen LogP contribution in [0.15, 0.2) is 41.3 Å².